The van der Waals surface area contributed by atoms with Crippen LogP contribution >= 0.6 is 0 Å². The maximum Gasteiger partial charge on any atom is 0.228 e. The van der Waals surface area contributed by atoms with Gasteiger partial charge >= 0.3 is 0 Å². The average molecular weight is 203 g/mol. The Morgan fingerprint density at radius 3 is 3.07 bits per heavy atom. The number of fused-ring (bicyclic) bond motifs is 1. The van der Waals surface area contributed by atoms with Crippen LogP contribution in [0.4, 0.5) is 5.69 Å². The topological polar surface area (TPSA) is 46.2 Å². The number of rotatable bonds is 3. The molecule has 0 fully saturated rings. The molecule has 1 amide bonds. The summed E-state index contributed by atoms with van der Waals surface area (Å²) in [4.78, 5) is 21.7. The number of hydrogen-bond acceptors (Lipinski definition) is 2. The van der Waals surface area contributed by atoms with E-state index in [2.05, 4.69) is 5.32 Å². The van der Waals surface area contributed by atoms with E-state index in [1.807, 2.05) is 25.1 Å². The van der Waals surface area contributed by atoms with E-state index < -0.39 is 0 Å². The van der Waals surface area contributed by atoms with Gasteiger partial charge < -0.3 is 10.1 Å². The third-order valence-electron chi connectivity index (χ3n) is 2.80. The first-order chi connectivity index (χ1) is 7.22. The quantitative estimate of drug-likeness (QED) is 0.762. The number of nitrogens with one attached hydrogen (secondary N) is 1. The highest BCUT2D eigenvalue weighted by Crippen LogP contribution is 2.31. The van der Waals surface area contributed by atoms with E-state index in [1.165, 1.54) is 0 Å². The van der Waals surface area contributed by atoms with Crippen molar-refractivity contribution in [3.63, 3.8) is 0 Å². The monoisotopic (exact) mass is 203 g/mol. The molecular formula is C12H13NO2. The lowest BCUT2D eigenvalue weighted by Crippen LogP contribution is -2.04. The van der Waals surface area contributed by atoms with Crippen molar-refractivity contribution in [2.45, 2.75) is 25.7 Å². The lowest BCUT2D eigenvalue weighted by Gasteiger charge is -2.12. The van der Waals surface area contributed by atoms with E-state index >= 15 is 0 Å². The summed E-state index contributed by atoms with van der Waals surface area (Å²) in [6.07, 6.45) is 1.87. The van der Waals surface area contributed by atoms with Crippen LogP contribution in [0.2, 0.25) is 0 Å². The van der Waals surface area contributed by atoms with Crippen LogP contribution in [0.1, 0.15) is 30.4 Å². The van der Waals surface area contributed by atoms with Crippen LogP contribution in [0.25, 0.3) is 0 Å². The molecule has 1 aliphatic rings. The van der Waals surface area contributed by atoms with Gasteiger partial charge in [-0.3, -0.25) is 4.79 Å². The van der Waals surface area contributed by atoms with Gasteiger partial charge in [0.15, 0.2) is 0 Å². The summed E-state index contributed by atoms with van der Waals surface area (Å²) < 4.78 is 0. The van der Waals surface area contributed by atoms with Crippen molar-refractivity contribution in [1.82, 2.24) is 0 Å². The second kappa shape index (κ2) is 3.85. The molecular weight excluding hydrogens is 190 g/mol. The van der Waals surface area contributed by atoms with Gasteiger partial charge in [-0.25, -0.2) is 0 Å². The molecule has 1 aliphatic heterocycles. The predicted molar refractivity (Wildman–Crippen MR) is 57.9 cm³/mol. The third-order valence-corrected chi connectivity index (χ3v) is 2.80. The van der Waals surface area contributed by atoms with Crippen LogP contribution in [0.5, 0.6) is 0 Å². The van der Waals surface area contributed by atoms with Gasteiger partial charge in [0.2, 0.25) is 5.91 Å². The van der Waals surface area contributed by atoms with Gasteiger partial charge in [-0.05, 0) is 23.1 Å². The number of carbonyl (C=O) groups excluding carboxylic acids is 2. The van der Waals surface area contributed by atoms with Gasteiger partial charge in [0.25, 0.3) is 0 Å². The van der Waals surface area contributed by atoms with Gasteiger partial charge in [0.05, 0.1) is 6.42 Å². The van der Waals surface area contributed by atoms with Crippen LogP contribution in [0.3, 0.4) is 0 Å². The number of carbonyl (C=O) groups is 2. The molecule has 1 aromatic carbocycles. The van der Waals surface area contributed by atoms with Crippen LogP contribution < -0.4 is 5.32 Å². The molecule has 0 aromatic heterocycles. The molecule has 3 heteroatoms. The Morgan fingerprint density at radius 1 is 1.53 bits per heavy atom. The Morgan fingerprint density at radius 2 is 2.33 bits per heavy atom. The number of anilines is 1. The molecule has 0 spiro atoms. The van der Waals surface area contributed by atoms with E-state index in [4.69, 9.17) is 0 Å². The molecule has 78 valence electrons. The van der Waals surface area contributed by atoms with E-state index in [0.29, 0.717) is 12.8 Å². The van der Waals surface area contributed by atoms with Crippen molar-refractivity contribution in [3.8, 4) is 0 Å². The average Bonchev–Trinajstić information content (AvgIpc) is 2.57. The molecule has 0 saturated heterocycles. The van der Waals surface area contributed by atoms with Gasteiger partial charge in [-0.2, -0.15) is 0 Å². The molecule has 15 heavy (non-hydrogen) atoms. The van der Waals surface area contributed by atoms with E-state index in [0.717, 1.165) is 23.1 Å². The second-order valence-corrected chi connectivity index (χ2v) is 3.90. The maximum atomic E-state index is 11.3. The van der Waals surface area contributed by atoms with Crippen LogP contribution in [0.15, 0.2) is 18.2 Å². The van der Waals surface area contributed by atoms with E-state index in [1.54, 1.807) is 0 Å². The molecule has 0 bridgehead atoms. The minimum Gasteiger partial charge on any atom is -0.326 e. The number of hydrogen-bond donors (Lipinski definition) is 1. The van der Waals surface area contributed by atoms with Gasteiger partial charge in [0.1, 0.15) is 6.29 Å². The van der Waals surface area contributed by atoms with Gasteiger partial charge in [-0.1, -0.05) is 19.1 Å². The van der Waals surface area contributed by atoms with Crippen LogP contribution in [-0.2, 0) is 16.0 Å². The van der Waals surface area contributed by atoms with Crippen LogP contribution in [0, 0.1) is 0 Å². The first-order valence-electron chi connectivity index (χ1n) is 5.07. The predicted octanol–water partition coefficient (Wildman–Crippen LogP) is 1.87. The molecule has 0 saturated carbocycles. The van der Waals surface area contributed by atoms with Crippen LogP contribution in [-0.4, -0.2) is 12.2 Å². The molecule has 0 radical (unpaired) electrons. The first-order valence-corrected chi connectivity index (χ1v) is 5.07. The molecule has 2 rings (SSSR count). The number of amides is 1. The molecule has 1 atom stereocenters. The Bertz CT molecular complexity index is 412. The standard InChI is InChI=1S/C12H13NO2/c1-8(5-6-14)9-3-2-4-11-10(9)7-12(15)13-11/h2-4,6,8H,5,7H2,1H3,(H,13,15). The van der Waals surface area contributed by atoms with Crippen molar-refractivity contribution < 1.29 is 9.59 Å². The summed E-state index contributed by atoms with van der Waals surface area (Å²) in [6.45, 7) is 2.01. The lowest BCUT2D eigenvalue weighted by atomic mass is 9.92. The third kappa shape index (κ3) is 1.77. The molecule has 1 unspecified atom stereocenters. The smallest absolute Gasteiger partial charge is 0.228 e. The van der Waals surface area contributed by atoms with Gasteiger partial charge in [0, 0.05) is 12.1 Å². The Kier molecular flexibility index (Phi) is 2.54. The zero-order chi connectivity index (χ0) is 10.8. The second-order valence-electron chi connectivity index (χ2n) is 3.90. The summed E-state index contributed by atoms with van der Waals surface area (Å²) in [6, 6.07) is 5.81. The van der Waals surface area contributed by atoms with Crippen molar-refractivity contribution in [2.24, 2.45) is 0 Å². The summed E-state index contributed by atoms with van der Waals surface area (Å²) >= 11 is 0. The van der Waals surface area contributed by atoms with E-state index in [9.17, 15) is 9.59 Å². The lowest BCUT2D eigenvalue weighted by molar-refractivity contribution is -0.115. The number of benzene rings is 1. The van der Waals surface area contributed by atoms with Crippen molar-refractivity contribution >= 4 is 17.9 Å². The molecule has 1 N–H and O–H groups in total. The fraction of sp³-hybridized carbons (Fsp3) is 0.333. The van der Waals surface area contributed by atoms with Crippen molar-refractivity contribution in [2.75, 3.05) is 5.32 Å². The van der Waals surface area contributed by atoms with Gasteiger partial charge in [-0.15, -0.1) is 0 Å². The Hall–Kier alpha value is -1.64. The fourth-order valence-electron chi connectivity index (χ4n) is 2.01. The normalized spacial score (nSPS) is 15.7. The Labute approximate surface area is 88.5 Å². The largest absolute Gasteiger partial charge is 0.326 e. The maximum absolute atomic E-state index is 11.3. The highest BCUT2D eigenvalue weighted by Gasteiger charge is 2.22. The molecule has 1 heterocycles. The van der Waals surface area contributed by atoms with Crippen molar-refractivity contribution in [3.05, 3.63) is 29.3 Å². The highest BCUT2D eigenvalue weighted by atomic mass is 16.1. The minimum absolute atomic E-state index is 0.0377. The molecule has 1 aromatic rings. The summed E-state index contributed by atoms with van der Waals surface area (Å²) in [5, 5.41) is 2.81. The number of aldehydes is 1. The van der Waals surface area contributed by atoms with Crippen molar-refractivity contribution in [1.29, 1.82) is 0 Å². The zero-order valence-electron chi connectivity index (χ0n) is 8.62. The molecule has 3 nitrogen and oxygen atoms in total. The SMILES string of the molecule is CC(CC=O)c1cccc2c1CC(=O)N2. The molecule has 0 aliphatic carbocycles. The summed E-state index contributed by atoms with van der Waals surface area (Å²) in [5.41, 5.74) is 3.06. The minimum atomic E-state index is 0.0377. The first kappa shape index (κ1) is 9.90. The highest BCUT2D eigenvalue weighted by molar-refractivity contribution is 5.99. The van der Waals surface area contributed by atoms with E-state index in [-0.39, 0.29) is 11.8 Å². The fourth-order valence-corrected chi connectivity index (χ4v) is 2.01. The summed E-state index contributed by atoms with van der Waals surface area (Å²) in [5.74, 6) is 0.223. The Balaban J connectivity index is 2.37. The zero-order valence-corrected chi connectivity index (χ0v) is 8.62. The summed E-state index contributed by atoms with van der Waals surface area (Å²) in [7, 11) is 0.